The topological polar surface area (TPSA) is 152 Å². The van der Waals surface area contributed by atoms with Crippen LogP contribution in [0.15, 0.2) is 29.1 Å². The molecule has 48 heavy (non-hydrogen) atoms. The number of rotatable bonds is 9. The third-order valence-corrected chi connectivity index (χ3v) is 12.4. The van der Waals surface area contributed by atoms with Crippen molar-refractivity contribution < 1.29 is 38.1 Å². The number of ether oxygens (including phenoxy) is 4. The summed E-state index contributed by atoms with van der Waals surface area (Å²) in [6.07, 6.45) is -0.0482. The van der Waals surface area contributed by atoms with Gasteiger partial charge in [-0.05, 0) is 68.6 Å². The SMILES string of the molecule is CC[C@@]1(OC(=O)CNC(=O)OC(C)(C)C)C(=O)OCc2c1cc1n(c2=O)Cc2c-1nc1ccc(OC(C)=O)cc1c2[Si](C)(C)CCCCl. The van der Waals surface area contributed by atoms with E-state index in [-0.39, 0.29) is 36.3 Å². The molecular formula is C34H40ClN3O9Si. The summed E-state index contributed by atoms with van der Waals surface area (Å²) in [7, 11) is -2.25. The summed E-state index contributed by atoms with van der Waals surface area (Å²) in [5, 5.41) is 4.27. The van der Waals surface area contributed by atoms with Gasteiger partial charge >= 0.3 is 24.0 Å². The van der Waals surface area contributed by atoms with E-state index >= 15 is 0 Å². The Balaban J connectivity index is 1.64. The highest BCUT2D eigenvalue weighted by Crippen LogP contribution is 2.41. The van der Waals surface area contributed by atoms with Crippen molar-refractivity contribution in [3.8, 4) is 17.1 Å². The van der Waals surface area contributed by atoms with Crippen LogP contribution in [-0.2, 0) is 47.3 Å². The van der Waals surface area contributed by atoms with Gasteiger partial charge in [0.15, 0.2) is 0 Å². The molecule has 2 aromatic heterocycles. The average Bonchev–Trinajstić information content (AvgIpc) is 3.36. The first kappa shape index (κ1) is 35.1. The van der Waals surface area contributed by atoms with Crippen LogP contribution in [0.4, 0.5) is 4.79 Å². The molecule has 1 aromatic carbocycles. The number of carbonyl (C=O) groups is 4. The molecule has 14 heteroatoms. The molecule has 1 N–H and O–H groups in total. The number of hydrogen-bond acceptors (Lipinski definition) is 10. The number of nitrogens with zero attached hydrogens (tertiary/aromatic N) is 2. The number of amides is 1. The van der Waals surface area contributed by atoms with Crippen LogP contribution in [0, 0.1) is 0 Å². The van der Waals surface area contributed by atoms with E-state index in [1.54, 1.807) is 50.5 Å². The highest BCUT2D eigenvalue weighted by atomic mass is 35.5. The lowest BCUT2D eigenvalue weighted by Crippen LogP contribution is -2.49. The van der Waals surface area contributed by atoms with Crippen molar-refractivity contribution in [3.63, 3.8) is 0 Å². The van der Waals surface area contributed by atoms with E-state index in [0.717, 1.165) is 28.6 Å². The van der Waals surface area contributed by atoms with E-state index in [1.807, 2.05) is 6.07 Å². The smallest absolute Gasteiger partial charge is 0.408 e. The molecule has 0 saturated heterocycles. The number of carbonyl (C=O) groups excluding carboxylic acids is 4. The minimum atomic E-state index is -2.25. The molecule has 0 spiro atoms. The highest BCUT2D eigenvalue weighted by Gasteiger charge is 2.50. The Labute approximate surface area is 284 Å². The summed E-state index contributed by atoms with van der Waals surface area (Å²) in [6.45, 7) is 11.9. The van der Waals surface area contributed by atoms with Crippen molar-refractivity contribution >= 4 is 59.8 Å². The van der Waals surface area contributed by atoms with Crippen molar-refractivity contribution in [2.45, 2.75) is 91.0 Å². The number of fused-ring (bicyclic) bond motifs is 5. The van der Waals surface area contributed by atoms with Crippen LogP contribution >= 0.6 is 11.6 Å². The Hall–Kier alpha value is -4.23. The Bertz CT molecular complexity index is 1900. The number of alkyl halides is 1. The zero-order valence-corrected chi connectivity index (χ0v) is 30.0. The number of hydrogen-bond donors (Lipinski definition) is 1. The van der Waals surface area contributed by atoms with Crippen LogP contribution in [0.2, 0.25) is 19.1 Å². The number of nitrogens with one attached hydrogen (secondary N) is 1. The van der Waals surface area contributed by atoms with Gasteiger partial charge in [-0.15, -0.1) is 11.6 Å². The fourth-order valence-corrected chi connectivity index (χ4v) is 10.2. The van der Waals surface area contributed by atoms with Crippen molar-refractivity contribution in [1.82, 2.24) is 14.9 Å². The highest BCUT2D eigenvalue weighted by molar-refractivity contribution is 6.91. The van der Waals surface area contributed by atoms with Crippen LogP contribution in [0.5, 0.6) is 5.75 Å². The summed E-state index contributed by atoms with van der Waals surface area (Å²) in [5.41, 5.74) is -0.0632. The summed E-state index contributed by atoms with van der Waals surface area (Å²) < 4.78 is 23.5. The molecule has 0 radical (unpaired) electrons. The lowest BCUT2D eigenvalue weighted by molar-refractivity contribution is -0.188. The van der Waals surface area contributed by atoms with Crippen molar-refractivity contribution in [2.24, 2.45) is 0 Å². The molecule has 5 rings (SSSR count). The Morgan fingerprint density at radius 3 is 2.52 bits per heavy atom. The zero-order valence-electron chi connectivity index (χ0n) is 28.2. The first-order valence-corrected chi connectivity index (χ1v) is 19.6. The van der Waals surface area contributed by atoms with Gasteiger partial charge in [0, 0.05) is 23.8 Å². The van der Waals surface area contributed by atoms with Gasteiger partial charge in [0.05, 0.1) is 37.1 Å². The van der Waals surface area contributed by atoms with E-state index in [1.165, 1.54) is 6.92 Å². The van der Waals surface area contributed by atoms with Crippen molar-refractivity contribution in [3.05, 3.63) is 51.3 Å². The molecule has 2 aliphatic heterocycles. The second-order valence-electron chi connectivity index (χ2n) is 13.7. The fraction of sp³-hybridized carbons (Fsp3) is 0.471. The monoisotopic (exact) mass is 697 g/mol. The van der Waals surface area contributed by atoms with Gasteiger partial charge < -0.3 is 28.8 Å². The Morgan fingerprint density at radius 2 is 1.88 bits per heavy atom. The summed E-state index contributed by atoms with van der Waals surface area (Å²) in [5.74, 6) is -1.26. The predicted molar refractivity (Wildman–Crippen MR) is 181 cm³/mol. The van der Waals surface area contributed by atoms with Gasteiger partial charge in [-0.2, -0.15) is 0 Å². The quantitative estimate of drug-likeness (QED) is 0.0862. The van der Waals surface area contributed by atoms with Crippen LogP contribution in [0.1, 0.15) is 64.2 Å². The van der Waals surface area contributed by atoms with Gasteiger partial charge in [0.2, 0.25) is 5.60 Å². The lowest BCUT2D eigenvalue weighted by atomic mass is 9.85. The zero-order chi connectivity index (χ0) is 35.2. The van der Waals surface area contributed by atoms with Crippen LogP contribution in [-0.4, -0.2) is 59.7 Å². The van der Waals surface area contributed by atoms with Gasteiger partial charge in [-0.25, -0.2) is 14.6 Å². The standard InChI is InChI=1S/C34H40ClN3O9Si/c1-8-34(46-27(40)16-36-32(43)47-33(3,4)5)24-15-26-28-22(17-38(26)30(41)23(24)18-44-31(34)42)29(48(6,7)13-9-12-35)21-14-20(45-19(2)39)10-11-25(21)37-28/h10-11,14-15H,8-9,12-13,16-18H2,1-7H3,(H,36,43)/t34-/m0/s1. The van der Waals surface area contributed by atoms with E-state index in [0.29, 0.717) is 28.5 Å². The van der Waals surface area contributed by atoms with E-state index in [2.05, 4.69) is 18.4 Å². The van der Waals surface area contributed by atoms with Gasteiger partial charge in [0.1, 0.15) is 24.5 Å². The average molecular weight is 698 g/mol. The second-order valence-corrected chi connectivity index (χ2v) is 18.8. The molecular weight excluding hydrogens is 658 g/mol. The normalized spacial score (nSPS) is 16.8. The van der Waals surface area contributed by atoms with Crippen molar-refractivity contribution in [1.29, 1.82) is 0 Å². The molecule has 0 bridgehead atoms. The summed E-state index contributed by atoms with van der Waals surface area (Å²) in [6, 6.07) is 7.86. The maximum Gasteiger partial charge on any atom is 0.408 e. The number of esters is 3. The predicted octanol–water partition coefficient (Wildman–Crippen LogP) is 4.62. The third-order valence-electron chi connectivity index (χ3n) is 8.56. The molecule has 0 aliphatic carbocycles. The molecule has 2 aliphatic rings. The molecule has 12 nitrogen and oxygen atoms in total. The number of benzene rings is 1. The number of pyridine rings is 2. The molecule has 256 valence electrons. The number of halogens is 1. The van der Waals surface area contributed by atoms with Crippen LogP contribution in [0.3, 0.4) is 0 Å². The summed E-state index contributed by atoms with van der Waals surface area (Å²) in [4.78, 5) is 69.6. The molecule has 0 saturated carbocycles. The molecule has 4 heterocycles. The number of alkyl carbamates (subject to hydrolysis) is 1. The molecule has 1 amide bonds. The first-order chi connectivity index (χ1) is 22.5. The number of aromatic nitrogens is 2. The van der Waals surface area contributed by atoms with Gasteiger partial charge in [-0.1, -0.05) is 26.1 Å². The Kier molecular flexibility index (Phi) is 9.50. The maximum absolute atomic E-state index is 14.2. The van der Waals surface area contributed by atoms with Gasteiger partial charge in [-0.3, -0.25) is 14.4 Å². The van der Waals surface area contributed by atoms with E-state index < -0.39 is 49.8 Å². The lowest BCUT2D eigenvalue weighted by Gasteiger charge is -2.35. The minimum absolute atomic E-state index is 0.0273. The maximum atomic E-state index is 14.2. The first-order valence-electron chi connectivity index (χ1n) is 15.9. The van der Waals surface area contributed by atoms with Crippen LogP contribution < -0.4 is 20.8 Å². The fourth-order valence-electron chi connectivity index (χ4n) is 6.54. The summed E-state index contributed by atoms with van der Waals surface area (Å²) >= 11 is 6.13. The molecule has 0 unspecified atom stereocenters. The Morgan fingerprint density at radius 1 is 1.15 bits per heavy atom. The van der Waals surface area contributed by atoms with Crippen LogP contribution in [0.25, 0.3) is 22.3 Å². The number of cyclic esters (lactones) is 1. The second kappa shape index (κ2) is 13.0. The molecule has 0 fully saturated rings. The molecule has 3 aromatic rings. The van der Waals surface area contributed by atoms with E-state index in [9.17, 15) is 24.0 Å². The largest absolute Gasteiger partial charge is 0.457 e. The van der Waals surface area contributed by atoms with Crippen molar-refractivity contribution in [2.75, 3.05) is 12.4 Å². The molecule has 1 atom stereocenters. The minimum Gasteiger partial charge on any atom is -0.457 e. The third kappa shape index (κ3) is 6.57. The van der Waals surface area contributed by atoms with E-state index in [4.69, 9.17) is 35.5 Å². The van der Waals surface area contributed by atoms with Gasteiger partial charge in [0.25, 0.3) is 5.56 Å².